The maximum atomic E-state index is 11.9. The number of fused-ring (bicyclic) bond motifs is 3. The summed E-state index contributed by atoms with van der Waals surface area (Å²) >= 11 is 0. The molecular weight excluding hydrogens is 188 g/mol. The highest BCUT2D eigenvalue weighted by molar-refractivity contribution is 5.79. The fraction of sp³-hybridized carbons (Fsp3) is 0.917. The average Bonchev–Trinajstić information content (AvgIpc) is 2.69. The van der Waals surface area contributed by atoms with E-state index in [4.69, 9.17) is 0 Å². The van der Waals surface area contributed by atoms with Crippen molar-refractivity contribution in [3.8, 4) is 0 Å². The molecule has 3 heteroatoms. The standard InChI is InChI=1S/C12H20N2O/c15-12-10-4-2-1-3-9(10)11-7-13-5-8(11)6-14-12/h8-11,13H,1-7H2,(H,14,15). The Morgan fingerprint density at radius 3 is 2.80 bits per heavy atom. The second kappa shape index (κ2) is 3.78. The molecule has 0 radical (unpaired) electrons. The molecule has 2 aliphatic heterocycles. The van der Waals surface area contributed by atoms with Crippen molar-refractivity contribution < 1.29 is 4.79 Å². The molecule has 1 aliphatic carbocycles. The van der Waals surface area contributed by atoms with E-state index in [1.165, 1.54) is 19.3 Å². The molecule has 3 nitrogen and oxygen atoms in total. The fourth-order valence-corrected chi connectivity index (χ4v) is 3.84. The first-order chi connectivity index (χ1) is 7.36. The van der Waals surface area contributed by atoms with E-state index in [9.17, 15) is 4.79 Å². The Labute approximate surface area is 91.0 Å². The van der Waals surface area contributed by atoms with Crippen LogP contribution in [-0.2, 0) is 4.79 Å². The molecule has 84 valence electrons. The molecule has 2 N–H and O–H groups in total. The lowest BCUT2D eigenvalue weighted by atomic mass is 9.70. The topological polar surface area (TPSA) is 41.1 Å². The highest BCUT2D eigenvalue weighted by atomic mass is 16.1. The van der Waals surface area contributed by atoms with Gasteiger partial charge in [-0.2, -0.15) is 0 Å². The number of amides is 1. The van der Waals surface area contributed by atoms with Crippen molar-refractivity contribution in [3.05, 3.63) is 0 Å². The Kier molecular flexibility index (Phi) is 2.43. The Morgan fingerprint density at radius 1 is 1.00 bits per heavy atom. The monoisotopic (exact) mass is 208 g/mol. The Hall–Kier alpha value is -0.570. The minimum absolute atomic E-state index is 0.327. The van der Waals surface area contributed by atoms with Gasteiger partial charge in [0.15, 0.2) is 0 Å². The number of hydrogen-bond acceptors (Lipinski definition) is 2. The Balaban J connectivity index is 1.86. The van der Waals surface area contributed by atoms with Crippen LogP contribution in [0.25, 0.3) is 0 Å². The molecule has 2 heterocycles. The summed E-state index contributed by atoms with van der Waals surface area (Å²) in [6.45, 7) is 3.15. The number of hydrogen-bond donors (Lipinski definition) is 2. The maximum Gasteiger partial charge on any atom is 0.223 e. The molecule has 4 atom stereocenters. The first-order valence-electron chi connectivity index (χ1n) is 6.34. The number of carbonyl (C=O) groups excluding carboxylic acids is 1. The van der Waals surface area contributed by atoms with E-state index in [1.807, 2.05) is 0 Å². The zero-order valence-corrected chi connectivity index (χ0v) is 9.17. The third kappa shape index (κ3) is 1.57. The number of nitrogens with one attached hydrogen (secondary N) is 2. The molecule has 0 spiro atoms. The molecule has 4 unspecified atom stereocenters. The van der Waals surface area contributed by atoms with Gasteiger partial charge in [0.05, 0.1) is 0 Å². The fourth-order valence-electron chi connectivity index (χ4n) is 3.84. The summed E-state index contributed by atoms with van der Waals surface area (Å²) in [6.07, 6.45) is 4.98. The third-order valence-corrected chi connectivity index (χ3v) is 4.64. The molecule has 3 aliphatic rings. The maximum absolute atomic E-state index is 11.9. The molecule has 3 rings (SSSR count). The molecule has 0 aromatic carbocycles. The summed E-state index contributed by atoms with van der Waals surface area (Å²) in [7, 11) is 0. The van der Waals surface area contributed by atoms with Crippen molar-refractivity contribution in [2.45, 2.75) is 25.7 Å². The van der Waals surface area contributed by atoms with E-state index in [-0.39, 0.29) is 0 Å². The molecule has 0 aromatic heterocycles. The Morgan fingerprint density at radius 2 is 1.87 bits per heavy atom. The SMILES string of the molecule is O=C1NCC2CNCC2C2CCCCC12. The van der Waals surface area contributed by atoms with Gasteiger partial charge in [0, 0.05) is 12.5 Å². The predicted molar refractivity (Wildman–Crippen MR) is 58.3 cm³/mol. The summed E-state index contributed by atoms with van der Waals surface area (Å²) in [5, 5.41) is 6.62. The van der Waals surface area contributed by atoms with Gasteiger partial charge in [0.1, 0.15) is 0 Å². The summed E-state index contributed by atoms with van der Waals surface area (Å²) in [6, 6.07) is 0. The van der Waals surface area contributed by atoms with Crippen LogP contribution in [0.4, 0.5) is 0 Å². The second-order valence-corrected chi connectivity index (χ2v) is 5.38. The quantitative estimate of drug-likeness (QED) is 0.617. The van der Waals surface area contributed by atoms with Crippen LogP contribution >= 0.6 is 0 Å². The van der Waals surface area contributed by atoms with Crippen LogP contribution in [0.3, 0.4) is 0 Å². The van der Waals surface area contributed by atoms with Crippen LogP contribution in [-0.4, -0.2) is 25.5 Å². The minimum atomic E-state index is 0.327. The van der Waals surface area contributed by atoms with Gasteiger partial charge in [-0.1, -0.05) is 12.8 Å². The van der Waals surface area contributed by atoms with Crippen LogP contribution in [0, 0.1) is 23.7 Å². The molecule has 2 saturated heterocycles. The van der Waals surface area contributed by atoms with Gasteiger partial charge in [0.25, 0.3) is 0 Å². The molecule has 0 bridgehead atoms. The van der Waals surface area contributed by atoms with E-state index in [0.29, 0.717) is 23.7 Å². The summed E-state index contributed by atoms with van der Waals surface area (Å²) < 4.78 is 0. The van der Waals surface area contributed by atoms with Crippen LogP contribution in [0.2, 0.25) is 0 Å². The van der Waals surface area contributed by atoms with E-state index in [2.05, 4.69) is 10.6 Å². The lowest BCUT2D eigenvalue weighted by molar-refractivity contribution is -0.127. The van der Waals surface area contributed by atoms with Crippen molar-refractivity contribution in [1.29, 1.82) is 0 Å². The molecule has 1 saturated carbocycles. The van der Waals surface area contributed by atoms with Crippen LogP contribution in [0.5, 0.6) is 0 Å². The highest BCUT2D eigenvalue weighted by Crippen LogP contribution is 2.41. The van der Waals surface area contributed by atoms with Gasteiger partial charge in [-0.15, -0.1) is 0 Å². The molecule has 0 aromatic rings. The van der Waals surface area contributed by atoms with Gasteiger partial charge in [-0.25, -0.2) is 0 Å². The highest BCUT2D eigenvalue weighted by Gasteiger charge is 2.43. The van der Waals surface area contributed by atoms with Crippen LogP contribution < -0.4 is 10.6 Å². The van der Waals surface area contributed by atoms with Gasteiger partial charge in [0.2, 0.25) is 5.91 Å². The minimum Gasteiger partial charge on any atom is -0.356 e. The average molecular weight is 208 g/mol. The first kappa shape index (κ1) is 9.64. The zero-order valence-electron chi connectivity index (χ0n) is 9.17. The predicted octanol–water partition coefficient (Wildman–Crippen LogP) is 0.758. The van der Waals surface area contributed by atoms with Crippen molar-refractivity contribution in [2.24, 2.45) is 23.7 Å². The van der Waals surface area contributed by atoms with Gasteiger partial charge < -0.3 is 10.6 Å². The van der Waals surface area contributed by atoms with E-state index in [1.54, 1.807) is 0 Å². The van der Waals surface area contributed by atoms with Crippen molar-refractivity contribution >= 4 is 5.91 Å². The molecular formula is C12H20N2O. The normalized spacial score (nSPS) is 45.2. The summed E-state index contributed by atoms with van der Waals surface area (Å²) in [5.74, 6) is 2.79. The van der Waals surface area contributed by atoms with Gasteiger partial charge >= 0.3 is 0 Å². The zero-order chi connectivity index (χ0) is 10.3. The summed E-state index contributed by atoms with van der Waals surface area (Å²) in [4.78, 5) is 11.9. The van der Waals surface area contributed by atoms with Crippen molar-refractivity contribution in [3.63, 3.8) is 0 Å². The van der Waals surface area contributed by atoms with E-state index < -0.39 is 0 Å². The van der Waals surface area contributed by atoms with Crippen molar-refractivity contribution in [2.75, 3.05) is 19.6 Å². The first-order valence-corrected chi connectivity index (χ1v) is 6.34. The summed E-state index contributed by atoms with van der Waals surface area (Å²) in [5.41, 5.74) is 0. The number of carbonyl (C=O) groups is 1. The van der Waals surface area contributed by atoms with E-state index in [0.717, 1.165) is 32.0 Å². The Bertz CT molecular complexity index is 266. The second-order valence-electron chi connectivity index (χ2n) is 5.38. The molecule has 3 fully saturated rings. The third-order valence-electron chi connectivity index (χ3n) is 4.64. The van der Waals surface area contributed by atoms with Gasteiger partial charge in [-0.3, -0.25) is 4.79 Å². The van der Waals surface area contributed by atoms with Crippen LogP contribution in [0.15, 0.2) is 0 Å². The van der Waals surface area contributed by atoms with E-state index >= 15 is 0 Å². The number of rotatable bonds is 0. The van der Waals surface area contributed by atoms with Gasteiger partial charge in [-0.05, 0) is 43.7 Å². The van der Waals surface area contributed by atoms with Crippen molar-refractivity contribution in [1.82, 2.24) is 10.6 Å². The molecule has 15 heavy (non-hydrogen) atoms. The molecule has 1 amide bonds. The largest absolute Gasteiger partial charge is 0.356 e. The lowest BCUT2D eigenvalue weighted by Gasteiger charge is -2.33. The van der Waals surface area contributed by atoms with Crippen LogP contribution in [0.1, 0.15) is 25.7 Å². The lowest BCUT2D eigenvalue weighted by Crippen LogP contribution is -2.36. The smallest absolute Gasteiger partial charge is 0.223 e.